The van der Waals surface area contributed by atoms with Crippen molar-refractivity contribution >= 4 is 23.4 Å². The number of aryl methyl sites for hydroxylation is 2. The molecule has 7 nitrogen and oxygen atoms in total. The highest BCUT2D eigenvalue weighted by Crippen LogP contribution is 2.13. The maximum atomic E-state index is 12.8. The average Bonchev–Trinajstić information content (AvgIpc) is 2.70. The zero-order valence-electron chi connectivity index (χ0n) is 17.3. The first-order valence-electron chi connectivity index (χ1n) is 9.70. The van der Waals surface area contributed by atoms with Crippen LogP contribution in [0, 0.1) is 5.82 Å². The van der Waals surface area contributed by atoms with Crippen LogP contribution in [0.5, 0.6) is 0 Å². The molecule has 160 valence electrons. The number of H-pyrrole nitrogens is 2. The van der Waals surface area contributed by atoms with Gasteiger partial charge < -0.3 is 10.3 Å². The van der Waals surface area contributed by atoms with E-state index in [1.54, 1.807) is 18.2 Å². The number of hydrogen-bond donors (Lipinski definition) is 3. The first-order valence-corrected chi connectivity index (χ1v) is 10.9. The van der Waals surface area contributed by atoms with Gasteiger partial charge in [-0.1, -0.05) is 38.5 Å². The fourth-order valence-electron chi connectivity index (χ4n) is 2.59. The third kappa shape index (κ3) is 7.82. The molecule has 0 aliphatic rings. The number of aromatic nitrogens is 4. The monoisotopic (exact) mass is 431 g/mol. The van der Waals surface area contributed by atoms with Gasteiger partial charge in [0.05, 0.1) is 0 Å². The molecule has 0 saturated heterocycles. The molecule has 3 rings (SSSR count). The fourth-order valence-corrected chi connectivity index (χ4v) is 3.00. The molecule has 0 amide bonds. The number of nitrogens with zero attached hydrogens (tertiary/aromatic N) is 2. The van der Waals surface area contributed by atoms with Crippen molar-refractivity contribution in [3.05, 3.63) is 74.3 Å². The van der Waals surface area contributed by atoms with Crippen LogP contribution in [0.25, 0.3) is 0 Å². The molecule has 0 atom stereocenters. The maximum absolute atomic E-state index is 12.8. The molecule has 0 saturated carbocycles. The minimum Gasteiger partial charge on any atom is -0.326 e. The zero-order chi connectivity index (χ0) is 21.9. The van der Waals surface area contributed by atoms with E-state index >= 15 is 0 Å². The van der Waals surface area contributed by atoms with E-state index in [9.17, 15) is 14.0 Å². The Bertz CT molecular complexity index is 1050. The summed E-state index contributed by atoms with van der Waals surface area (Å²) in [5.74, 6) is 0.0688. The number of hydrogen-bond acceptors (Lipinski definition) is 6. The molecule has 2 aromatic heterocycles. The number of rotatable bonds is 7. The molecular weight excluding hydrogens is 405 g/mol. The van der Waals surface area contributed by atoms with Gasteiger partial charge in [0.1, 0.15) is 5.82 Å². The Morgan fingerprint density at radius 3 is 2.07 bits per heavy atom. The van der Waals surface area contributed by atoms with E-state index in [1.807, 2.05) is 13.2 Å². The standard InChI is InChI=1S/C13H14FN3O.C8H12N2OS/c1-2-3-11-8-12(18)17-13(16-11)15-10-6-4-9(14)5-7-10;1-3-4-6-5-7(11)10-8(9-6)12-2/h4-8H,2-3H2,1H3,(H2,15,16,17,18);5H,3-4H2,1-2H3,(H,9,10,11). The van der Waals surface area contributed by atoms with Crippen LogP contribution in [-0.2, 0) is 12.8 Å². The lowest BCUT2D eigenvalue weighted by Gasteiger charge is -2.06. The molecule has 0 spiro atoms. The van der Waals surface area contributed by atoms with Crippen molar-refractivity contribution in [2.45, 2.75) is 44.7 Å². The minimum atomic E-state index is -0.304. The van der Waals surface area contributed by atoms with Crippen LogP contribution in [0.1, 0.15) is 38.1 Å². The van der Waals surface area contributed by atoms with Gasteiger partial charge in [0.15, 0.2) is 5.16 Å². The first-order chi connectivity index (χ1) is 14.4. The molecule has 0 fully saturated rings. The lowest BCUT2D eigenvalue weighted by atomic mass is 10.2. The van der Waals surface area contributed by atoms with Crippen LogP contribution in [0.4, 0.5) is 16.0 Å². The number of benzene rings is 1. The highest BCUT2D eigenvalue weighted by atomic mass is 32.2. The summed E-state index contributed by atoms with van der Waals surface area (Å²) in [5, 5.41) is 3.64. The van der Waals surface area contributed by atoms with E-state index in [0.29, 0.717) is 16.8 Å². The van der Waals surface area contributed by atoms with Crippen LogP contribution in [-0.4, -0.2) is 26.2 Å². The zero-order valence-corrected chi connectivity index (χ0v) is 18.1. The number of anilines is 2. The van der Waals surface area contributed by atoms with Crippen LogP contribution in [0.15, 0.2) is 51.1 Å². The third-order valence-electron chi connectivity index (χ3n) is 3.88. The molecule has 0 bridgehead atoms. The third-order valence-corrected chi connectivity index (χ3v) is 4.46. The van der Waals surface area contributed by atoms with Gasteiger partial charge in [0.25, 0.3) is 11.1 Å². The fraction of sp³-hybridized carbons (Fsp3) is 0.333. The lowest BCUT2D eigenvalue weighted by molar-refractivity contribution is 0.628. The summed E-state index contributed by atoms with van der Waals surface area (Å²) in [6.07, 6.45) is 5.46. The van der Waals surface area contributed by atoms with Crippen molar-refractivity contribution in [2.75, 3.05) is 11.6 Å². The van der Waals surface area contributed by atoms with Gasteiger partial charge in [-0.3, -0.25) is 14.6 Å². The van der Waals surface area contributed by atoms with Gasteiger partial charge in [-0.2, -0.15) is 0 Å². The van der Waals surface area contributed by atoms with Crippen LogP contribution in [0.3, 0.4) is 0 Å². The Labute approximate surface area is 178 Å². The Morgan fingerprint density at radius 2 is 1.50 bits per heavy atom. The Morgan fingerprint density at radius 1 is 0.933 bits per heavy atom. The van der Waals surface area contributed by atoms with Crippen molar-refractivity contribution in [2.24, 2.45) is 0 Å². The van der Waals surface area contributed by atoms with Gasteiger partial charge in [-0.05, 0) is 43.4 Å². The smallest absolute Gasteiger partial charge is 0.252 e. The predicted molar refractivity (Wildman–Crippen MR) is 119 cm³/mol. The quantitative estimate of drug-likeness (QED) is 0.385. The molecule has 2 heterocycles. The second-order valence-corrected chi connectivity index (χ2v) is 7.26. The minimum absolute atomic E-state index is 0.0576. The highest BCUT2D eigenvalue weighted by molar-refractivity contribution is 7.98. The molecule has 0 aliphatic heterocycles. The summed E-state index contributed by atoms with van der Waals surface area (Å²) in [4.78, 5) is 36.3. The molecular formula is C21H26FN5O2S. The molecule has 30 heavy (non-hydrogen) atoms. The number of aromatic amines is 2. The molecule has 3 N–H and O–H groups in total. The Hall–Kier alpha value is -2.94. The number of thioether (sulfide) groups is 1. The van der Waals surface area contributed by atoms with E-state index in [-0.39, 0.29) is 16.9 Å². The van der Waals surface area contributed by atoms with Gasteiger partial charge in [0.2, 0.25) is 5.95 Å². The predicted octanol–water partition coefficient (Wildman–Crippen LogP) is 4.05. The highest BCUT2D eigenvalue weighted by Gasteiger charge is 2.02. The second kappa shape index (κ2) is 11.9. The number of halogens is 1. The van der Waals surface area contributed by atoms with E-state index in [1.165, 1.54) is 30.0 Å². The largest absolute Gasteiger partial charge is 0.326 e. The van der Waals surface area contributed by atoms with E-state index in [2.05, 4.69) is 32.2 Å². The normalized spacial score (nSPS) is 10.3. The molecule has 9 heteroatoms. The van der Waals surface area contributed by atoms with Crippen LogP contribution in [0.2, 0.25) is 0 Å². The molecule has 0 unspecified atom stereocenters. The van der Waals surface area contributed by atoms with E-state index < -0.39 is 0 Å². The van der Waals surface area contributed by atoms with Gasteiger partial charge in [0, 0.05) is 29.2 Å². The summed E-state index contributed by atoms with van der Waals surface area (Å²) in [5.41, 5.74) is 2.04. The summed E-state index contributed by atoms with van der Waals surface area (Å²) < 4.78 is 12.8. The van der Waals surface area contributed by atoms with E-state index in [4.69, 9.17) is 0 Å². The van der Waals surface area contributed by atoms with Crippen LogP contribution < -0.4 is 16.4 Å². The van der Waals surface area contributed by atoms with Crippen molar-refractivity contribution < 1.29 is 4.39 Å². The average molecular weight is 432 g/mol. The van der Waals surface area contributed by atoms with E-state index in [0.717, 1.165) is 37.1 Å². The Balaban J connectivity index is 0.000000232. The van der Waals surface area contributed by atoms with Gasteiger partial charge in [-0.25, -0.2) is 14.4 Å². The number of nitrogens with one attached hydrogen (secondary N) is 3. The molecule has 1 aromatic carbocycles. The topological polar surface area (TPSA) is 104 Å². The summed E-state index contributed by atoms with van der Waals surface area (Å²) in [6.45, 7) is 4.09. The van der Waals surface area contributed by atoms with Gasteiger partial charge >= 0.3 is 0 Å². The van der Waals surface area contributed by atoms with Crippen molar-refractivity contribution in [1.29, 1.82) is 0 Å². The molecule has 0 radical (unpaired) electrons. The molecule has 3 aromatic rings. The summed E-state index contributed by atoms with van der Waals surface area (Å²) in [7, 11) is 0. The SMILES string of the molecule is CCCc1cc(=O)[nH]c(Nc2ccc(F)cc2)n1.CCCc1cc(=O)[nH]c(SC)n1. The maximum Gasteiger partial charge on any atom is 0.252 e. The molecule has 0 aliphatic carbocycles. The van der Waals surface area contributed by atoms with Crippen molar-refractivity contribution in [1.82, 2.24) is 19.9 Å². The first kappa shape index (κ1) is 23.3. The Kier molecular flexibility index (Phi) is 9.27. The van der Waals surface area contributed by atoms with Crippen molar-refractivity contribution in [3.63, 3.8) is 0 Å². The lowest BCUT2D eigenvalue weighted by Crippen LogP contribution is -2.12. The summed E-state index contributed by atoms with van der Waals surface area (Å²) in [6, 6.07) is 8.90. The van der Waals surface area contributed by atoms with Crippen molar-refractivity contribution in [3.8, 4) is 0 Å². The summed E-state index contributed by atoms with van der Waals surface area (Å²) >= 11 is 1.46. The van der Waals surface area contributed by atoms with Gasteiger partial charge in [-0.15, -0.1) is 0 Å². The van der Waals surface area contributed by atoms with Crippen LogP contribution >= 0.6 is 11.8 Å². The second-order valence-electron chi connectivity index (χ2n) is 6.46.